The van der Waals surface area contributed by atoms with E-state index in [2.05, 4.69) is 4.72 Å². The lowest BCUT2D eigenvalue weighted by atomic mass is 10.0. The Balaban J connectivity index is 1.87. The monoisotopic (exact) mass is 299 g/mol. The largest absolute Gasteiger partial charge is 0.462 e. The van der Waals surface area contributed by atoms with Gasteiger partial charge >= 0.3 is 10.3 Å². The Morgan fingerprint density at radius 2 is 2.00 bits per heavy atom. The van der Waals surface area contributed by atoms with Crippen LogP contribution in [-0.4, -0.2) is 25.3 Å². The van der Waals surface area contributed by atoms with E-state index in [0.717, 1.165) is 37.0 Å². The van der Waals surface area contributed by atoms with Crippen LogP contribution in [0.5, 0.6) is 5.75 Å². The molecule has 0 radical (unpaired) electrons. The summed E-state index contributed by atoms with van der Waals surface area (Å²) in [6.45, 7) is -0.0129. The SMILES string of the molecule is O=S(=O)(O)NCC1OC2(CCCC2)Oc2ccccc21. The Morgan fingerprint density at radius 1 is 1.30 bits per heavy atom. The van der Waals surface area contributed by atoms with Gasteiger partial charge in [0, 0.05) is 24.9 Å². The first-order valence-electron chi connectivity index (χ1n) is 6.65. The first-order chi connectivity index (χ1) is 9.48. The molecule has 1 aliphatic heterocycles. The van der Waals surface area contributed by atoms with E-state index in [1.165, 1.54) is 0 Å². The van der Waals surface area contributed by atoms with E-state index in [1.807, 2.05) is 24.3 Å². The summed E-state index contributed by atoms with van der Waals surface area (Å²) in [4.78, 5) is 0. The molecule has 1 aliphatic carbocycles. The fraction of sp³-hybridized carbons (Fsp3) is 0.538. The molecule has 1 heterocycles. The predicted molar refractivity (Wildman–Crippen MR) is 71.6 cm³/mol. The number of hydrogen-bond donors (Lipinski definition) is 2. The highest BCUT2D eigenvalue weighted by Crippen LogP contribution is 2.45. The molecule has 1 unspecified atom stereocenters. The van der Waals surface area contributed by atoms with E-state index in [0.29, 0.717) is 0 Å². The third kappa shape index (κ3) is 2.80. The number of rotatable bonds is 3. The van der Waals surface area contributed by atoms with Crippen molar-refractivity contribution in [2.75, 3.05) is 6.54 Å². The summed E-state index contributed by atoms with van der Waals surface area (Å²) in [7, 11) is -4.23. The van der Waals surface area contributed by atoms with Crippen LogP contribution < -0.4 is 9.46 Å². The van der Waals surface area contributed by atoms with Crippen LogP contribution in [-0.2, 0) is 15.0 Å². The van der Waals surface area contributed by atoms with Crippen LogP contribution >= 0.6 is 0 Å². The van der Waals surface area contributed by atoms with Crippen molar-refractivity contribution in [3.63, 3.8) is 0 Å². The average molecular weight is 299 g/mol. The normalized spacial score (nSPS) is 24.4. The summed E-state index contributed by atoms with van der Waals surface area (Å²) in [5.74, 6) is 0.0719. The minimum atomic E-state index is -4.23. The molecule has 1 aromatic rings. The lowest BCUT2D eigenvalue weighted by Crippen LogP contribution is -2.44. The molecule has 1 aromatic carbocycles. The second-order valence-electron chi connectivity index (χ2n) is 5.19. The van der Waals surface area contributed by atoms with Crippen LogP contribution in [0.25, 0.3) is 0 Å². The molecule has 1 spiro atoms. The summed E-state index contributed by atoms with van der Waals surface area (Å²) >= 11 is 0. The van der Waals surface area contributed by atoms with Gasteiger partial charge in [-0.15, -0.1) is 0 Å². The Bertz CT molecular complexity index is 595. The number of benzene rings is 1. The maximum atomic E-state index is 10.9. The van der Waals surface area contributed by atoms with Crippen LogP contribution in [0, 0.1) is 0 Å². The topological polar surface area (TPSA) is 84.9 Å². The molecular formula is C13H17NO5S. The molecule has 6 nitrogen and oxygen atoms in total. The fourth-order valence-electron chi connectivity index (χ4n) is 2.85. The van der Waals surface area contributed by atoms with E-state index >= 15 is 0 Å². The standard InChI is InChI=1S/C13H17NO5S/c15-20(16,17)14-9-12-10-5-1-2-6-11(10)18-13(19-12)7-3-4-8-13/h1-2,5-6,12,14H,3-4,7-9H2,(H,15,16,17). The minimum Gasteiger partial charge on any atom is -0.462 e. The minimum absolute atomic E-state index is 0.0129. The molecule has 2 aliphatic rings. The highest BCUT2D eigenvalue weighted by molar-refractivity contribution is 7.83. The second-order valence-corrected chi connectivity index (χ2v) is 6.43. The smallest absolute Gasteiger partial charge is 0.333 e. The van der Waals surface area contributed by atoms with Gasteiger partial charge in [-0.05, 0) is 18.9 Å². The van der Waals surface area contributed by atoms with Crippen LogP contribution in [0.2, 0.25) is 0 Å². The zero-order chi connectivity index (χ0) is 14.2. The molecule has 3 rings (SSSR count). The summed E-state index contributed by atoms with van der Waals surface area (Å²) in [5.41, 5.74) is 0.793. The Kier molecular flexibility index (Phi) is 3.45. The quantitative estimate of drug-likeness (QED) is 0.831. The van der Waals surface area contributed by atoms with Crippen LogP contribution in [0.1, 0.15) is 37.4 Å². The van der Waals surface area contributed by atoms with Crippen LogP contribution in [0.15, 0.2) is 24.3 Å². The molecule has 1 saturated carbocycles. The number of nitrogens with one attached hydrogen (secondary N) is 1. The summed E-state index contributed by atoms with van der Waals surface area (Å²) in [6, 6.07) is 7.42. The van der Waals surface area contributed by atoms with Crippen molar-refractivity contribution >= 4 is 10.3 Å². The van der Waals surface area contributed by atoms with Gasteiger partial charge in [-0.25, -0.2) is 0 Å². The van der Waals surface area contributed by atoms with Crippen molar-refractivity contribution in [3.05, 3.63) is 29.8 Å². The van der Waals surface area contributed by atoms with Crippen molar-refractivity contribution in [3.8, 4) is 5.75 Å². The maximum Gasteiger partial charge on any atom is 0.333 e. The lowest BCUT2D eigenvalue weighted by molar-refractivity contribution is -0.223. The van der Waals surface area contributed by atoms with Gasteiger partial charge in [-0.2, -0.15) is 13.1 Å². The molecule has 20 heavy (non-hydrogen) atoms. The molecule has 0 saturated heterocycles. The Hall–Kier alpha value is -1.15. The molecule has 0 amide bonds. The van der Waals surface area contributed by atoms with E-state index in [4.69, 9.17) is 14.0 Å². The van der Waals surface area contributed by atoms with Crippen molar-refractivity contribution in [2.45, 2.75) is 37.6 Å². The number of ether oxygens (including phenoxy) is 2. The van der Waals surface area contributed by atoms with Gasteiger partial charge in [-0.1, -0.05) is 18.2 Å². The van der Waals surface area contributed by atoms with Gasteiger partial charge in [0.05, 0.1) is 0 Å². The third-order valence-electron chi connectivity index (χ3n) is 3.74. The highest BCUT2D eigenvalue weighted by atomic mass is 32.2. The Labute approximate surface area is 118 Å². The molecule has 1 atom stereocenters. The summed E-state index contributed by atoms with van der Waals surface area (Å²) < 4.78 is 44.6. The zero-order valence-corrected chi connectivity index (χ0v) is 11.7. The van der Waals surface area contributed by atoms with E-state index < -0.39 is 22.2 Å². The van der Waals surface area contributed by atoms with Crippen molar-refractivity contribution in [2.24, 2.45) is 0 Å². The van der Waals surface area contributed by atoms with E-state index in [9.17, 15) is 8.42 Å². The maximum absolute atomic E-state index is 10.9. The summed E-state index contributed by atoms with van der Waals surface area (Å²) in [6.07, 6.45) is 3.19. The molecular weight excluding hydrogens is 282 g/mol. The summed E-state index contributed by atoms with van der Waals surface area (Å²) in [5, 5.41) is 0. The van der Waals surface area contributed by atoms with Crippen molar-refractivity contribution < 1.29 is 22.4 Å². The Morgan fingerprint density at radius 3 is 2.70 bits per heavy atom. The fourth-order valence-corrected chi connectivity index (χ4v) is 3.21. The van der Waals surface area contributed by atoms with Gasteiger partial charge in [0.2, 0.25) is 5.79 Å². The van der Waals surface area contributed by atoms with Gasteiger partial charge in [0.25, 0.3) is 0 Å². The number of para-hydroxylation sites is 1. The molecule has 2 N–H and O–H groups in total. The average Bonchev–Trinajstić information content (AvgIpc) is 2.83. The zero-order valence-electron chi connectivity index (χ0n) is 10.9. The van der Waals surface area contributed by atoms with Gasteiger partial charge in [0.15, 0.2) is 0 Å². The lowest BCUT2D eigenvalue weighted by Gasteiger charge is -2.40. The highest BCUT2D eigenvalue weighted by Gasteiger charge is 2.44. The second kappa shape index (κ2) is 5.00. The van der Waals surface area contributed by atoms with Crippen molar-refractivity contribution in [1.29, 1.82) is 0 Å². The van der Waals surface area contributed by atoms with Gasteiger partial charge in [0.1, 0.15) is 11.9 Å². The van der Waals surface area contributed by atoms with Crippen LogP contribution in [0.4, 0.5) is 0 Å². The first kappa shape index (κ1) is 13.8. The van der Waals surface area contributed by atoms with Crippen LogP contribution in [0.3, 0.4) is 0 Å². The molecule has 7 heteroatoms. The first-order valence-corrected chi connectivity index (χ1v) is 8.09. The number of hydrogen-bond acceptors (Lipinski definition) is 4. The molecule has 0 aromatic heterocycles. The van der Waals surface area contributed by atoms with E-state index in [-0.39, 0.29) is 6.54 Å². The van der Waals surface area contributed by atoms with E-state index in [1.54, 1.807) is 0 Å². The number of fused-ring (bicyclic) bond motifs is 1. The molecule has 0 bridgehead atoms. The predicted octanol–water partition coefficient (Wildman–Crippen LogP) is 1.80. The third-order valence-corrected chi connectivity index (χ3v) is 4.27. The van der Waals surface area contributed by atoms with Crippen molar-refractivity contribution in [1.82, 2.24) is 4.72 Å². The molecule has 110 valence electrons. The van der Waals surface area contributed by atoms with Gasteiger partial charge in [-0.3, -0.25) is 4.55 Å². The van der Waals surface area contributed by atoms with Gasteiger partial charge < -0.3 is 9.47 Å². The molecule has 1 fully saturated rings.